The van der Waals surface area contributed by atoms with Gasteiger partial charge in [-0.3, -0.25) is 5.14 Å². The number of aromatic nitrogens is 2. The van der Waals surface area contributed by atoms with Crippen LogP contribution in [0.3, 0.4) is 0 Å². The van der Waals surface area contributed by atoms with Crippen molar-refractivity contribution in [3.8, 4) is 0 Å². The van der Waals surface area contributed by atoms with Gasteiger partial charge in [0.2, 0.25) is 5.95 Å². The zero-order valence-electron chi connectivity index (χ0n) is 14.6. The van der Waals surface area contributed by atoms with Gasteiger partial charge >= 0.3 is 0 Å². The molecule has 1 saturated carbocycles. The van der Waals surface area contributed by atoms with Crippen molar-refractivity contribution in [2.75, 3.05) is 5.32 Å². The second kappa shape index (κ2) is 8.25. The minimum atomic E-state index is 0.380. The van der Waals surface area contributed by atoms with Crippen LogP contribution in [0.5, 0.6) is 0 Å². The molecule has 1 aliphatic rings. The van der Waals surface area contributed by atoms with E-state index in [0.29, 0.717) is 35.4 Å². The van der Waals surface area contributed by atoms with E-state index in [2.05, 4.69) is 15.3 Å². The Balaban J connectivity index is 1.73. The van der Waals surface area contributed by atoms with Gasteiger partial charge < -0.3 is 16.1 Å². The first-order chi connectivity index (χ1) is 12.6. The second-order valence-corrected chi connectivity index (χ2v) is 6.90. The zero-order valence-corrected chi connectivity index (χ0v) is 15.4. The predicted molar refractivity (Wildman–Crippen MR) is 108 cm³/mol. The van der Waals surface area contributed by atoms with E-state index in [1.807, 2.05) is 37.3 Å². The van der Waals surface area contributed by atoms with Crippen molar-refractivity contribution in [1.82, 2.24) is 9.97 Å². The lowest BCUT2D eigenvalue weighted by Gasteiger charge is -2.11. The van der Waals surface area contributed by atoms with Gasteiger partial charge in [0.05, 0.1) is 5.69 Å². The molecule has 1 aromatic carbocycles. The van der Waals surface area contributed by atoms with Gasteiger partial charge in [-0.15, -0.1) is 0 Å². The summed E-state index contributed by atoms with van der Waals surface area (Å²) in [5, 5.41) is 25.1. The number of benzene rings is 1. The van der Waals surface area contributed by atoms with E-state index in [4.69, 9.17) is 16.0 Å². The number of allylic oxidation sites excluding steroid dienone is 2. The summed E-state index contributed by atoms with van der Waals surface area (Å²) in [5.74, 6) is 0.853. The first kappa shape index (κ1) is 18.3. The third-order valence-corrected chi connectivity index (χ3v) is 4.77. The Hall–Kier alpha value is -2.51. The summed E-state index contributed by atoms with van der Waals surface area (Å²) in [5.41, 5.74) is 3.38. The molecule has 0 radical (unpaired) electrons. The molecule has 0 unspecified atom stereocenters. The number of rotatable bonds is 8. The fourth-order valence-corrected chi connectivity index (χ4v) is 2.95. The number of nitrogens with two attached hydrogens (primary N) is 1. The van der Waals surface area contributed by atoms with Crippen molar-refractivity contribution in [2.24, 2.45) is 11.1 Å². The van der Waals surface area contributed by atoms with Crippen LogP contribution in [0.1, 0.15) is 31.9 Å². The molecule has 0 aliphatic heterocycles. The van der Waals surface area contributed by atoms with Gasteiger partial charge in [0.25, 0.3) is 0 Å². The van der Waals surface area contributed by atoms with Gasteiger partial charge in [0.15, 0.2) is 0 Å². The number of hydrogen-bond acceptors (Lipinski definition) is 7. The minimum Gasteiger partial charge on any atom is -0.324 e. The highest BCUT2D eigenvalue weighted by Crippen LogP contribution is 2.32. The molecule has 0 bridgehead atoms. The van der Waals surface area contributed by atoms with Gasteiger partial charge in [-0.25, -0.2) is 9.97 Å². The second-order valence-electron chi connectivity index (χ2n) is 6.19. The van der Waals surface area contributed by atoms with Crippen LogP contribution in [0.2, 0.25) is 0 Å². The maximum absolute atomic E-state index is 8.37. The van der Waals surface area contributed by atoms with Crippen molar-refractivity contribution in [1.29, 1.82) is 10.8 Å². The molecular formula is C19H22N6S. The van der Waals surface area contributed by atoms with Crippen molar-refractivity contribution in [2.45, 2.75) is 31.1 Å². The smallest absolute Gasteiger partial charge is 0.227 e. The van der Waals surface area contributed by atoms with Crippen LogP contribution in [0.4, 0.5) is 11.6 Å². The average Bonchev–Trinajstić information content (AvgIpc) is 3.48. The molecule has 5 N–H and O–H groups in total. The number of hydrogen-bond donors (Lipinski definition) is 4. The van der Waals surface area contributed by atoms with E-state index in [1.54, 1.807) is 12.3 Å². The molecule has 1 aromatic heterocycles. The zero-order chi connectivity index (χ0) is 18.5. The summed E-state index contributed by atoms with van der Waals surface area (Å²) in [6.45, 7) is 1.89. The summed E-state index contributed by atoms with van der Waals surface area (Å²) < 4.78 is 0. The highest BCUT2D eigenvalue weighted by molar-refractivity contribution is 7.97. The highest BCUT2D eigenvalue weighted by Gasteiger charge is 2.27. The van der Waals surface area contributed by atoms with Crippen LogP contribution in [-0.2, 0) is 0 Å². The summed E-state index contributed by atoms with van der Waals surface area (Å²) in [7, 11) is 0. The van der Waals surface area contributed by atoms with Gasteiger partial charge in [-0.1, -0.05) is 6.08 Å². The molecule has 134 valence electrons. The van der Waals surface area contributed by atoms with E-state index in [-0.39, 0.29) is 0 Å². The van der Waals surface area contributed by atoms with Gasteiger partial charge in [-0.2, -0.15) is 0 Å². The largest absolute Gasteiger partial charge is 0.324 e. The van der Waals surface area contributed by atoms with Gasteiger partial charge in [0.1, 0.15) is 0 Å². The van der Waals surface area contributed by atoms with Crippen molar-refractivity contribution < 1.29 is 0 Å². The molecule has 3 rings (SSSR count). The molecule has 0 atom stereocenters. The fraction of sp³-hybridized carbons (Fsp3) is 0.263. The maximum atomic E-state index is 8.37. The molecule has 1 heterocycles. The fourth-order valence-electron chi connectivity index (χ4n) is 2.65. The van der Waals surface area contributed by atoms with E-state index in [0.717, 1.165) is 29.0 Å². The molecule has 0 spiro atoms. The van der Waals surface area contributed by atoms with E-state index < -0.39 is 0 Å². The summed E-state index contributed by atoms with van der Waals surface area (Å²) in [6.07, 6.45) is 6.11. The number of anilines is 2. The predicted octanol–water partition coefficient (Wildman–Crippen LogP) is 4.43. The van der Waals surface area contributed by atoms with E-state index in [1.165, 1.54) is 11.9 Å². The number of nitrogens with zero attached hydrogens (tertiary/aromatic N) is 2. The summed E-state index contributed by atoms with van der Waals surface area (Å²) >= 11 is 1.20. The van der Waals surface area contributed by atoms with E-state index in [9.17, 15) is 0 Å². The SMILES string of the molecule is C/C=C(/C(=N)CC(=N)C1CC1)c1ccnc(Nc2ccc(SN)cc2)n1. The Bertz CT molecular complexity index is 839. The molecule has 1 aliphatic carbocycles. The van der Waals surface area contributed by atoms with Gasteiger partial charge in [-0.05, 0) is 68.0 Å². The molecule has 0 saturated heterocycles. The molecule has 7 heteroatoms. The van der Waals surface area contributed by atoms with Crippen LogP contribution >= 0.6 is 11.9 Å². The van der Waals surface area contributed by atoms with Crippen molar-refractivity contribution in [3.63, 3.8) is 0 Å². The molecule has 6 nitrogen and oxygen atoms in total. The van der Waals surface area contributed by atoms with Crippen molar-refractivity contribution in [3.05, 3.63) is 48.3 Å². The minimum absolute atomic E-state index is 0.380. The standard InChI is InChI=1S/C19H22N6S/c1-2-15(17(21)11-16(20)12-3-4-12)18-9-10-23-19(25-18)24-13-5-7-14(26-22)8-6-13/h2,5-10,12,20-21H,3-4,11,22H2,1H3,(H,23,24,25)/b15-2-,20-16?,21-17?. The first-order valence-electron chi connectivity index (χ1n) is 8.49. The maximum Gasteiger partial charge on any atom is 0.227 e. The monoisotopic (exact) mass is 366 g/mol. The first-order valence-corrected chi connectivity index (χ1v) is 9.37. The number of nitrogens with one attached hydrogen (secondary N) is 3. The van der Waals surface area contributed by atoms with Gasteiger partial charge in [0, 0.05) is 40.2 Å². The molecule has 1 fully saturated rings. The third-order valence-electron chi connectivity index (χ3n) is 4.23. The Morgan fingerprint density at radius 3 is 2.62 bits per heavy atom. The lowest BCUT2D eigenvalue weighted by Crippen LogP contribution is -2.11. The molecule has 0 amide bonds. The van der Waals surface area contributed by atoms with Crippen LogP contribution in [0.15, 0.2) is 47.5 Å². The molecule has 2 aromatic rings. The van der Waals surface area contributed by atoms with Crippen LogP contribution in [0.25, 0.3) is 5.57 Å². The topological polar surface area (TPSA) is 112 Å². The van der Waals surface area contributed by atoms with Crippen LogP contribution < -0.4 is 10.5 Å². The average molecular weight is 366 g/mol. The van der Waals surface area contributed by atoms with E-state index >= 15 is 0 Å². The normalized spacial score (nSPS) is 14.2. The lowest BCUT2D eigenvalue weighted by atomic mass is 10.00. The van der Waals surface area contributed by atoms with Crippen LogP contribution in [-0.4, -0.2) is 21.4 Å². The lowest BCUT2D eigenvalue weighted by molar-refractivity contribution is 1.12. The Morgan fingerprint density at radius 2 is 2.00 bits per heavy atom. The van der Waals surface area contributed by atoms with Crippen LogP contribution in [0, 0.1) is 16.7 Å². The molecular weight excluding hydrogens is 344 g/mol. The Morgan fingerprint density at radius 1 is 1.27 bits per heavy atom. The Kier molecular flexibility index (Phi) is 5.80. The Labute approximate surface area is 157 Å². The highest BCUT2D eigenvalue weighted by atomic mass is 32.2. The van der Waals surface area contributed by atoms with Crippen molar-refractivity contribution >= 4 is 40.6 Å². The quantitative estimate of drug-likeness (QED) is 0.408. The summed E-state index contributed by atoms with van der Waals surface area (Å²) in [4.78, 5) is 9.78. The third kappa shape index (κ3) is 4.56. The molecule has 26 heavy (non-hydrogen) atoms. The summed E-state index contributed by atoms with van der Waals surface area (Å²) in [6, 6.07) is 9.48.